The van der Waals surface area contributed by atoms with Gasteiger partial charge in [-0.05, 0) is 32.0 Å². The zero-order valence-electron chi connectivity index (χ0n) is 11.3. The van der Waals surface area contributed by atoms with Gasteiger partial charge < -0.3 is 9.84 Å². The Morgan fingerprint density at radius 3 is 2.80 bits per heavy atom. The Kier molecular flexibility index (Phi) is 4.02. The Hall–Kier alpha value is -2.37. The highest BCUT2D eigenvalue weighted by Gasteiger charge is 2.11. The first-order chi connectivity index (χ1) is 9.51. The average Bonchev–Trinajstić information content (AvgIpc) is 2.76. The lowest BCUT2D eigenvalue weighted by atomic mass is 10.2. The first kappa shape index (κ1) is 14.0. The summed E-state index contributed by atoms with van der Waals surface area (Å²) in [5.74, 6) is -1.82. The summed E-state index contributed by atoms with van der Waals surface area (Å²) in [5.41, 5.74) is 1.40. The van der Waals surface area contributed by atoms with Crippen molar-refractivity contribution in [3.63, 3.8) is 0 Å². The molecule has 0 unspecified atom stereocenters. The van der Waals surface area contributed by atoms with E-state index in [1.54, 1.807) is 4.68 Å². The van der Waals surface area contributed by atoms with Crippen LogP contribution in [0.3, 0.4) is 0 Å². The minimum Gasteiger partial charge on any atom is -0.487 e. The molecule has 1 heterocycles. The molecule has 106 valence electrons. The van der Waals surface area contributed by atoms with Gasteiger partial charge in [-0.15, -0.1) is 0 Å². The number of benzene rings is 1. The number of carbonyl (C=O) groups is 1. The molecule has 0 radical (unpaired) electrons. The monoisotopic (exact) mass is 278 g/mol. The first-order valence-electron chi connectivity index (χ1n) is 6.20. The molecule has 1 aromatic heterocycles. The van der Waals surface area contributed by atoms with E-state index in [0.717, 1.165) is 24.0 Å². The third-order valence-corrected chi connectivity index (χ3v) is 2.84. The molecule has 20 heavy (non-hydrogen) atoms. The van der Waals surface area contributed by atoms with Crippen molar-refractivity contribution in [2.45, 2.75) is 27.0 Å². The van der Waals surface area contributed by atoms with Crippen molar-refractivity contribution in [3.8, 4) is 5.75 Å². The molecule has 0 fully saturated rings. The summed E-state index contributed by atoms with van der Waals surface area (Å²) in [5, 5.41) is 13.0. The lowest BCUT2D eigenvalue weighted by Crippen LogP contribution is -2.06. The van der Waals surface area contributed by atoms with Crippen molar-refractivity contribution in [1.82, 2.24) is 9.78 Å². The largest absolute Gasteiger partial charge is 0.487 e. The lowest BCUT2D eigenvalue weighted by Gasteiger charge is -2.08. The number of rotatable bonds is 5. The number of aryl methyl sites for hydroxylation is 2. The van der Waals surface area contributed by atoms with E-state index < -0.39 is 11.8 Å². The number of ether oxygens (including phenoxy) is 1. The van der Waals surface area contributed by atoms with Gasteiger partial charge in [-0.2, -0.15) is 5.10 Å². The molecule has 2 aromatic rings. The van der Waals surface area contributed by atoms with E-state index in [-0.39, 0.29) is 17.9 Å². The maximum Gasteiger partial charge on any atom is 0.338 e. The Morgan fingerprint density at radius 1 is 1.45 bits per heavy atom. The van der Waals surface area contributed by atoms with E-state index in [1.807, 2.05) is 19.9 Å². The SMILES string of the molecule is CCn1nc(C)cc1COc1ccc(C(=O)O)c(F)c1. The Morgan fingerprint density at radius 2 is 2.20 bits per heavy atom. The van der Waals surface area contributed by atoms with E-state index in [9.17, 15) is 9.18 Å². The van der Waals surface area contributed by atoms with Crippen LogP contribution in [0, 0.1) is 12.7 Å². The Balaban J connectivity index is 2.11. The number of aromatic nitrogens is 2. The van der Waals surface area contributed by atoms with E-state index in [4.69, 9.17) is 9.84 Å². The second-order valence-corrected chi connectivity index (χ2v) is 4.33. The Labute approximate surface area is 115 Å². The molecule has 0 aliphatic rings. The molecular formula is C14H15FN2O3. The molecule has 1 N–H and O–H groups in total. The van der Waals surface area contributed by atoms with Crippen LogP contribution in [0.25, 0.3) is 0 Å². The predicted octanol–water partition coefficient (Wildman–Crippen LogP) is 2.63. The third-order valence-electron chi connectivity index (χ3n) is 2.84. The third kappa shape index (κ3) is 2.96. The van der Waals surface area contributed by atoms with E-state index >= 15 is 0 Å². The van der Waals surface area contributed by atoms with Gasteiger partial charge in [0.15, 0.2) is 0 Å². The second-order valence-electron chi connectivity index (χ2n) is 4.33. The maximum atomic E-state index is 13.5. The zero-order chi connectivity index (χ0) is 14.7. The molecule has 2 rings (SSSR count). The van der Waals surface area contributed by atoms with Gasteiger partial charge in [0.05, 0.1) is 17.0 Å². The highest BCUT2D eigenvalue weighted by Crippen LogP contribution is 2.18. The molecule has 0 spiro atoms. The van der Waals surface area contributed by atoms with Gasteiger partial charge >= 0.3 is 5.97 Å². The van der Waals surface area contributed by atoms with Crippen molar-refractivity contribution < 1.29 is 19.0 Å². The summed E-state index contributed by atoms with van der Waals surface area (Å²) < 4.78 is 20.8. The van der Waals surface area contributed by atoms with Crippen LogP contribution in [0.1, 0.15) is 28.7 Å². The van der Waals surface area contributed by atoms with Crippen LogP contribution in [0.15, 0.2) is 24.3 Å². The standard InChI is InChI=1S/C14H15FN2O3/c1-3-17-10(6-9(2)16-17)8-20-11-4-5-12(14(18)19)13(15)7-11/h4-7H,3,8H2,1-2H3,(H,18,19). The van der Waals surface area contributed by atoms with Gasteiger partial charge in [0, 0.05) is 12.6 Å². The van der Waals surface area contributed by atoms with Crippen LogP contribution in [-0.4, -0.2) is 20.9 Å². The van der Waals surface area contributed by atoms with Crippen LogP contribution in [0.4, 0.5) is 4.39 Å². The van der Waals surface area contributed by atoms with Crippen LogP contribution < -0.4 is 4.74 Å². The molecule has 5 nitrogen and oxygen atoms in total. The van der Waals surface area contributed by atoms with Gasteiger partial charge in [-0.1, -0.05) is 0 Å². The average molecular weight is 278 g/mol. The number of aromatic carboxylic acids is 1. The fourth-order valence-corrected chi connectivity index (χ4v) is 1.91. The minimum atomic E-state index is -1.30. The van der Waals surface area contributed by atoms with Gasteiger partial charge in [0.2, 0.25) is 0 Å². The van der Waals surface area contributed by atoms with E-state index in [1.165, 1.54) is 12.1 Å². The molecule has 0 aliphatic carbocycles. The molecular weight excluding hydrogens is 263 g/mol. The highest BCUT2D eigenvalue weighted by molar-refractivity contribution is 5.88. The molecule has 0 saturated heterocycles. The van der Waals surface area contributed by atoms with Gasteiger partial charge in [-0.3, -0.25) is 4.68 Å². The van der Waals surface area contributed by atoms with Crippen molar-refractivity contribution in [3.05, 3.63) is 47.0 Å². The van der Waals surface area contributed by atoms with Crippen LogP contribution >= 0.6 is 0 Å². The van der Waals surface area contributed by atoms with Gasteiger partial charge in [-0.25, -0.2) is 9.18 Å². The van der Waals surface area contributed by atoms with Crippen LogP contribution in [-0.2, 0) is 13.2 Å². The quantitative estimate of drug-likeness (QED) is 0.913. The van der Waals surface area contributed by atoms with Gasteiger partial charge in [0.25, 0.3) is 0 Å². The summed E-state index contributed by atoms with van der Waals surface area (Å²) in [6.45, 7) is 4.83. The molecule has 0 amide bonds. The summed E-state index contributed by atoms with van der Waals surface area (Å²) in [7, 11) is 0. The van der Waals surface area contributed by atoms with Crippen molar-refractivity contribution in [2.24, 2.45) is 0 Å². The summed E-state index contributed by atoms with van der Waals surface area (Å²) in [6.07, 6.45) is 0. The number of carboxylic acid groups (broad SMARTS) is 1. The number of halogens is 1. The fraction of sp³-hybridized carbons (Fsp3) is 0.286. The normalized spacial score (nSPS) is 10.6. The predicted molar refractivity (Wildman–Crippen MR) is 70.3 cm³/mol. The topological polar surface area (TPSA) is 64.4 Å². The number of hydrogen-bond acceptors (Lipinski definition) is 3. The van der Waals surface area contributed by atoms with E-state index in [2.05, 4.69) is 5.10 Å². The van der Waals surface area contributed by atoms with Crippen molar-refractivity contribution >= 4 is 5.97 Å². The molecule has 0 saturated carbocycles. The van der Waals surface area contributed by atoms with Crippen LogP contribution in [0.5, 0.6) is 5.75 Å². The van der Waals surface area contributed by atoms with Crippen molar-refractivity contribution in [2.75, 3.05) is 0 Å². The molecule has 0 aliphatic heterocycles. The van der Waals surface area contributed by atoms with Crippen LogP contribution in [0.2, 0.25) is 0 Å². The molecule has 6 heteroatoms. The molecule has 0 bridgehead atoms. The van der Waals surface area contributed by atoms with E-state index in [0.29, 0.717) is 0 Å². The van der Waals surface area contributed by atoms with Crippen molar-refractivity contribution in [1.29, 1.82) is 0 Å². The Bertz CT molecular complexity index is 637. The maximum absolute atomic E-state index is 13.5. The number of hydrogen-bond donors (Lipinski definition) is 1. The summed E-state index contributed by atoms with van der Waals surface area (Å²) in [4.78, 5) is 10.7. The summed E-state index contributed by atoms with van der Waals surface area (Å²) in [6, 6.07) is 5.59. The lowest BCUT2D eigenvalue weighted by molar-refractivity contribution is 0.0692. The fourth-order valence-electron chi connectivity index (χ4n) is 1.91. The summed E-state index contributed by atoms with van der Waals surface area (Å²) >= 11 is 0. The first-order valence-corrected chi connectivity index (χ1v) is 6.20. The molecule has 0 atom stereocenters. The number of carboxylic acids is 1. The minimum absolute atomic E-state index is 0.251. The smallest absolute Gasteiger partial charge is 0.338 e. The second kappa shape index (κ2) is 5.73. The highest BCUT2D eigenvalue weighted by atomic mass is 19.1. The number of nitrogens with zero attached hydrogens (tertiary/aromatic N) is 2. The zero-order valence-corrected chi connectivity index (χ0v) is 11.3. The van der Waals surface area contributed by atoms with Gasteiger partial charge in [0.1, 0.15) is 18.2 Å². The molecule has 1 aromatic carbocycles.